The highest BCUT2D eigenvalue weighted by Gasteiger charge is 2.21. The van der Waals surface area contributed by atoms with Crippen molar-refractivity contribution in [3.8, 4) is 6.07 Å². The summed E-state index contributed by atoms with van der Waals surface area (Å²) in [6, 6.07) is 15.5. The van der Waals surface area contributed by atoms with Crippen molar-refractivity contribution < 1.29 is 4.79 Å². The van der Waals surface area contributed by atoms with Gasteiger partial charge in [0.1, 0.15) is 5.82 Å². The van der Waals surface area contributed by atoms with E-state index in [1.54, 1.807) is 6.20 Å². The molecule has 0 unspecified atom stereocenters. The standard InChI is InChI=1S/C20H23N5O/c21-15-17-4-6-18(7-5-17)16-22-10-8-20(26)25-13-11-24(12-14-25)19-3-1-2-9-23-19/h1-7,9,22H,8,10-14,16H2. The number of amides is 1. The van der Waals surface area contributed by atoms with E-state index in [0.717, 1.165) is 37.6 Å². The maximum atomic E-state index is 12.4. The molecule has 1 saturated heterocycles. The van der Waals surface area contributed by atoms with Crippen LogP contribution in [-0.2, 0) is 11.3 Å². The maximum absolute atomic E-state index is 12.4. The lowest BCUT2D eigenvalue weighted by atomic mass is 10.1. The predicted octanol–water partition coefficient (Wildman–Crippen LogP) is 1.78. The molecule has 1 amide bonds. The van der Waals surface area contributed by atoms with Crippen LogP contribution >= 0.6 is 0 Å². The van der Waals surface area contributed by atoms with E-state index in [2.05, 4.69) is 21.3 Å². The van der Waals surface area contributed by atoms with E-state index in [4.69, 9.17) is 5.26 Å². The molecule has 3 rings (SSSR count). The highest BCUT2D eigenvalue weighted by Crippen LogP contribution is 2.13. The quantitative estimate of drug-likeness (QED) is 0.805. The molecule has 1 N–H and O–H groups in total. The van der Waals surface area contributed by atoms with Crippen LogP contribution in [0.4, 0.5) is 5.82 Å². The molecular weight excluding hydrogens is 326 g/mol. The van der Waals surface area contributed by atoms with Crippen molar-refractivity contribution in [2.24, 2.45) is 0 Å². The minimum atomic E-state index is 0.193. The summed E-state index contributed by atoms with van der Waals surface area (Å²) in [5.41, 5.74) is 1.77. The molecule has 6 heteroatoms. The van der Waals surface area contributed by atoms with Crippen LogP contribution in [0.3, 0.4) is 0 Å². The van der Waals surface area contributed by atoms with Gasteiger partial charge >= 0.3 is 0 Å². The fourth-order valence-electron chi connectivity index (χ4n) is 3.01. The van der Waals surface area contributed by atoms with Crippen LogP contribution in [0.1, 0.15) is 17.5 Å². The average molecular weight is 349 g/mol. The van der Waals surface area contributed by atoms with E-state index in [1.165, 1.54) is 0 Å². The van der Waals surface area contributed by atoms with Crippen LogP contribution < -0.4 is 10.2 Å². The normalized spacial score (nSPS) is 14.1. The highest BCUT2D eigenvalue weighted by atomic mass is 16.2. The number of pyridine rings is 1. The van der Waals surface area contributed by atoms with E-state index in [0.29, 0.717) is 25.1 Å². The van der Waals surface area contributed by atoms with Crippen molar-refractivity contribution in [1.29, 1.82) is 5.26 Å². The number of piperazine rings is 1. The van der Waals surface area contributed by atoms with Gasteiger partial charge in [-0.25, -0.2) is 4.98 Å². The zero-order chi connectivity index (χ0) is 18.2. The molecule has 0 saturated carbocycles. The number of nitrogens with one attached hydrogen (secondary N) is 1. The first-order valence-electron chi connectivity index (χ1n) is 8.90. The van der Waals surface area contributed by atoms with Gasteiger partial charge in [0.25, 0.3) is 0 Å². The molecule has 0 spiro atoms. The molecule has 0 radical (unpaired) electrons. The number of hydrogen-bond donors (Lipinski definition) is 1. The number of rotatable bonds is 6. The van der Waals surface area contributed by atoms with Crippen LogP contribution in [-0.4, -0.2) is 48.5 Å². The Morgan fingerprint density at radius 3 is 2.54 bits per heavy atom. The SMILES string of the molecule is N#Cc1ccc(CNCCC(=O)N2CCN(c3ccccn3)CC2)cc1. The fraction of sp³-hybridized carbons (Fsp3) is 0.350. The van der Waals surface area contributed by atoms with Crippen molar-refractivity contribution in [2.45, 2.75) is 13.0 Å². The minimum Gasteiger partial charge on any atom is -0.353 e. The Balaban J connectivity index is 1.36. The van der Waals surface area contributed by atoms with Crippen molar-refractivity contribution in [1.82, 2.24) is 15.2 Å². The van der Waals surface area contributed by atoms with Crippen LogP contribution in [0.2, 0.25) is 0 Å². The molecule has 6 nitrogen and oxygen atoms in total. The number of nitrogens with zero attached hydrogens (tertiary/aromatic N) is 4. The van der Waals surface area contributed by atoms with Crippen molar-refractivity contribution in [3.05, 3.63) is 59.8 Å². The summed E-state index contributed by atoms with van der Waals surface area (Å²) >= 11 is 0. The Morgan fingerprint density at radius 1 is 1.12 bits per heavy atom. The van der Waals surface area contributed by atoms with Gasteiger partial charge < -0.3 is 15.1 Å². The number of hydrogen-bond acceptors (Lipinski definition) is 5. The molecule has 1 aromatic heterocycles. The predicted molar refractivity (Wildman–Crippen MR) is 101 cm³/mol. The minimum absolute atomic E-state index is 0.193. The number of anilines is 1. The van der Waals surface area contributed by atoms with E-state index in [9.17, 15) is 4.79 Å². The number of benzene rings is 1. The van der Waals surface area contributed by atoms with Gasteiger partial charge in [-0.05, 0) is 29.8 Å². The molecule has 0 atom stereocenters. The Bertz CT molecular complexity index is 746. The summed E-state index contributed by atoms with van der Waals surface area (Å²) in [6.45, 7) is 4.48. The van der Waals surface area contributed by atoms with Gasteiger partial charge in [-0.2, -0.15) is 5.26 Å². The number of carbonyl (C=O) groups is 1. The smallest absolute Gasteiger partial charge is 0.223 e. The van der Waals surface area contributed by atoms with Gasteiger partial charge in [-0.1, -0.05) is 18.2 Å². The Labute approximate surface area is 154 Å². The van der Waals surface area contributed by atoms with E-state index >= 15 is 0 Å². The second-order valence-electron chi connectivity index (χ2n) is 6.29. The molecule has 1 aliphatic rings. The first kappa shape index (κ1) is 17.9. The molecule has 1 aliphatic heterocycles. The average Bonchev–Trinajstić information content (AvgIpc) is 2.72. The second kappa shape index (κ2) is 8.97. The summed E-state index contributed by atoms with van der Waals surface area (Å²) in [7, 11) is 0. The summed E-state index contributed by atoms with van der Waals surface area (Å²) < 4.78 is 0. The van der Waals surface area contributed by atoms with Gasteiger partial charge in [0.15, 0.2) is 0 Å². The largest absolute Gasteiger partial charge is 0.353 e. The third kappa shape index (κ3) is 4.80. The number of nitriles is 1. The molecule has 2 aromatic rings. The third-order valence-electron chi connectivity index (χ3n) is 4.53. The lowest BCUT2D eigenvalue weighted by Gasteiger charge is -2.35. The highest BCUT2D eigenvalue weighted by molar-refractivity contribution is 5.76. The first-order chi connectivity index (χ1) is 12.8. The van der Waals surface area contributed by atoms with Gasteiger partial charge in [0.05, 0.1) is 11.6 Å². The van der Waals surface area contributed by atoms with Gasteiger partial charge in [-0.3, -0.25) is 4.79 Å². The summed E-state index contributed by atoms with van der Waals surface area (Å²) in [5, 5.41) is 12.1. The lowest BCUT2D eigenvalue weighted by Crippen LogP contribution is -2.49. The van der Waals surface area contributed by atoms with Crippen LogP contribution in [0.25, 0.3) is 0 Å². The van der Waals surface area contributed by atoms with Crippen LogP contribution in [0.15, 0.2) is 48.7 Å². The number of carbonyl (C=O) groups excluding carboxylic acids is 1. The zero-order valence-electron chi connectivity index (χ0n) is 14.8. The summed E-state index contributed by atoms with van der Waals surface area (Å²) in [4.78, 5) is 20.9. The third-order valence-corrected chi connectivity index (χ3v) is 4.53. The summed E-state index contributed by atoms with van der Waals surface area (Å²) in [5.74, 6) is 1.17. The molecule has 1 fully saturated rings. The van der Waals surface area contributed by atoms with Crippen molar-refractivity contribution in [3.63, 3.8) is 0 Å². The number of aromatic nitrogens is 1. The monoisotopic (exact) mass is 349 g/mol. The van der Waals surface area contributed by atoms with Gasteiger partial charge in [-0.15, -0.1) is 0 Å². The van der Waals surface area contributed by atoms with Gasteiger partial charge in [0.2, 0.25) is 5.91 Å². The Kier molecular flexibility index (Phi) is 6.18. The Morgan fingerprint density at radius 2 is 1.88 bits per heavy atom. The molecule has 2 heterocycles. The van der Waals surface area contributed by atoms with Crippen molar-refractivity contribution >= 4 is 11.7 Å². The van der Waals surface area contributed by atoms with E-state index in [1.807, 2.05) is 47.4 Å². The lowest BCUT2D eigenvalue weighted by molar-refractivity contribution is -0.131. The molecule has 1 aromatic carbocycles. The topological polar surface area (TPSA) is 72.3 Å². The molecular formula is C20H23N5O. The van der Waals surface area contributed by atoms with E-state index in [-0.39, 0.29) is 5.91 Å². The van der Waals surface area contributed by atoms with Crippen LogP contribution in [0.5, 0.6) is 0 Å². The first-order valence-corrected chi connectivity index (χ1v) is 8.90. The molecule has 0 bridgehead atoms. The van der Waals surface area contributed by atoms with Crippen LogP contribution in [0, 0.1) is 11.3 Å². The summed E-state index contributed by atoms with van der Waals surface area (Å²) in [6.07, 6.45) is 2.30. The zero-order valence-corrected chi connectivity index (χ0v) is 14.8. The second-order valence-corrected chi connectivity index (χ2v) is 6.29. The Hall–Kier alpha value is -2.91. The molecule has 134 valence electrons. The fourth-order valence-corrected chi connectivity index (χ4v) is 3.01. The van der Waals surface area contributed by atoms with E-state index < -0.39 is 0 Å². The molecule has 26 heavy (non-hydrogen) atoms. The van der Waals surface area contributed by atoms with Crippen molar-refractivity contribution in [2.75, 3.05) is 37.6 Å². The maximum Gasteiger partial charge on any atom is 0.223 e. The molecule has 0 aliphatic carbocycles. The van der Waals surface area contributed by atoms with Gasteiger partial charge in [0, 0.05) is 51.9 Å².